The molecule has 5 nitrogen and oxygen atoms in total. The van der Waals surface area contributed by atoms with Gasteiger partial charge in [0.15, 0.2) is 11.5 Å². The van der Waals surface area contributed by atoms with Crippen LogP contribution >= 0.6 is 0 Å². The molecule has 2 aromatic carbocycles. The number of carbonyl (C=O) groups is 1. The van der Waals surface area contributed by atoms with Gasteiger partial charge in [-0.15, -0.1) is 0 Å². The molecule has 5 heteroatoms. The first-order chi connectivity index (χ1) is 15.6. The predicted octanol–water partition coefficient (Wildman–Crippen LogP) is 6.28. The highest BCUT2D eigenvalue weighted by Crippen LogP contribution is 2.33. The smallest absolute Gasteiger partial charge is 0.254 e. The minimum atomic E-state index is -0.0192. The zero-order valence-electron chi connectivity index (χ0n) is 18.9. The highest BCUT2D eigenvalue weighted by molar-refractivity contribution is 5.94. The highest BCUT2D eigenvalue weighted by Gasteiger charge is 2.20. The van der Waals surface area contributed by atoms with Gasteiger partial charge in [0.2, 0.25) is 6.79 Å². The predicted molar refractivity (Wildman–Crippen MR) is 124 cm³/mol. The van der Waals surface area contributed by atoms with Crippen molar-refractivity contribution in [1.29, 1.82) is 0 Å². The van der Waals surface area contributed by atoms with Gasteiger partial charge in [0.1, 0.15) is 11.5 Å². The Morgan fingerprint density at radius 2 is 1.66 bits per heavy atom. The summed E-state index contributed by atoms with van der Waals surface area (Å²) in [5.41, 5.74) is 2.95. The molecule has 0 saturated heterocycles. The fourth-order valence-corrected chi connectivity index (χ4v) is 3.97. The quantitative estimate of drug-likeness (QED) is 0.353. The molecule has 168 valence electrons. The number of hydrogen-bond donors (Lipinski definition) is 0. The van der Waals surface area contributed by atoms with Crippen LogP contribution in [0.5, 0.6) is 11.5 Å². The fraction of sp³-hybridized carbons (Fsp3) is 0.370. The minimum Gasteiger partial charge on any atom is -0.464 e. The van der Waals surface area contributed by atoms with Crippen molar-refractivity contribution in [3.63, 3.8) is 0 Å². The molecule has 0 saturated carbocycles. The number of aryl methyl sites for hydroxylation is 2. The molecule has 0 unspecified atom stereocenters. The van der Waals surface area contributed by atoms with E-state index in [-0.39, 0.29) is 12.7 Å². The SMILES string of the molecule is CCCCCCc1ccc(C(=O)N(Cc2ccc3c(c2)OCO3)Cc2ccc(C)o2)cc1. The number of ether oxygens (including phenoxy) is 2. The normalized spacial score (nSPS) is 12.2. The van der Waals surface area contributed by atoms with Crippen LogP contribution < -0.4 is 9.47 Å². The summed E-state index contributed by atoms with van der Waals surface area (Å²) in [7, 11) is 0. The van der Waals surface area contributed by atoms with Crippen molar-refractivity contribution in [2.45, 2.75) is 59.0 Å². The molecule has 0 bridgehead atoms. The minimum absolute atomic E-state index is 0.0192. The van der Waals surface area contributed by atoms with Crippen molar-refractivity contribution in [2.75, 3.05) is 6.79 Å². The van der Waals surface area contributed by atoms with E-state index in [0.717, 1.165) is 35.0 Å². The van der Waals surface area contributed by atoms with Crippen LogP contribution in [0, 0.1) is 6.92 Å². The Labute approximate surface area is 189 Å². The first kappa shape index (κ1) is 22.0. The summed E-state index contributed by atoms with van der Waals surface area (Å²) >= 11 is 0. The topological polar surface area (TPSA) is 51.9 Å². The van der Waals surface area contributed by atoms with E-state index in [0.29, 0.717) is 18.7 Å². The van der Waals surface area contributed by atoms with Gasteiger partial charge in [0, 0.05) is 12.1 Å². The largest absolute Gasteiger partial charge is 0.464 e. The molecule has 1 aliphatic rings. The second-order valence-corrected chi connectivity index (χ2v) is 8.37. The third-order valence-corrected chi connectivity index (χ3v) is 5.76. The van der Waals surface area contributed by atoms with E-state index in [4.69, 9.17) is 13.9 Å². The number of furan rings is 1. The maximum atomic E-state index is 13.4. The van der Waals surface area contributed by atoms with E-state index < -0.39 is 0 Å². The van der Waals surface area contributed by atoms with E-state index in [1.54, 1.807) is 0 Å². The summed E-state index contributed by atoms with van der Waals surface area (Å²) in [4.78, 5) is 15.2. The summed E-state index contributed by atoms with van der Waals surface area (Å²) in [6.45, 7) is 5.22. The number of fused-ring (bicyclic) bond motifs is 1. The van der Waals surface area contributed by atoms with Crippen molar-refractivity contribution < 1.29 is 18.7 Å². The van der Waals surface area contributed by atoms with Gasteiger partial charge >= 0.3 is 0 Å². The van der Waals surface area contributed by atoms with Crippen LogP contribution in [0.15, 0.2) is 59.0 Å². The van der Waals surface area contributed by atoms with E-state index >= 15 is 0 Å². The zero-order valence-corrected chi connectivity index (χ0v) is 18.9. The molecule has 0 spiro atoms. The molecule has 4 rings (SSSR count). The van der Waals surface area contributed by atoms with Crippen molar-refractivity contribution >= 4 is 5.91 Å². The number of hydrogen-bond acceptors (Lipinski definition) is 4. The molecular weight excluding hydrogens is 402 g/mol. The second kappa shape index (κ2) is 10.4. The van der Waals surface area contributed by atoms with Crippen LogP contribution in [0.25, 0.3) is 0 Å². The monoisotopic (exact) mass is 433 g/mol. The lowest BCUT2D eigenvalue weighted by atomic mass is 10.0. The van der Waals surface area contributed by atoms with Gasteiger partial charge in [-0.05, 0) is 67.3 Å². The number of nitrogens with zero attached hydrogens (tertiary/aromatic N) is 1. The Bertz CT molecular complexity index is 1040. The molecule has 1 aliphatic heterocycles. The van der Waals surface area contributed by atoms with Gasteiger partial charge in [-0.25, -0.2) is 0 Å². The molecule has 0 atom stereocenters. The number of amides is 1. The van der Waals surface area contributed by atoms with Crippen LogP contribution in [-0.2, 0) is 19.5 Å². The van der Waals surface area contributed by atoms with E-state index in [1.165, 1.54) is 31.2 Å². The van der Waals surface area contributed by atoms with E-state index in [9.17, 15) is 4.79 Å². The van der Waals surface area contributed by atoms with Gasteiger partial charge in [-0.2, -0.15) is 0 Å². The average Bonchev–Trinajstić information content (AvgIpc) is 3.44. The molecule has 1 amide bonds. The van der Waals surface area contributed by atoms with Crippen molar-refractivity contribution in [1.82, 2.24) is 4.90 Å². The Balaban J connectivity index is 1.49. The van der Waals surface area contributed by atoms with Crippen LogP contribution in [0.3, 0.4) is 0 Å². The van der Waals surface area contributed by atoms with Crippen LogP contribution in [0.1, 0.15) is 65.6 Å². The molecule has 0 radical (unpaired) electrons. The summed E-state index contributed by atoms with van der Waals surface area (Å²) in [6.07, 6.45) is 6.01. The molecule has 0 aliphatic carbocycles. The number of benzene rings is 2. The first-order valence-electron chi connectivity index (χ1n) is 11.4. The fourth-order valence-electron chi connectivity index (χ4n) is 3.97. The third-order valence-electron chi connectivity index (χ3n) is 5.76. The number of carbonyl (C=O) groups excluding carboxylic acids is 1. The van der Waals surface area contributed by atoms with Gasteiger partial charge in [0.25, 0.3) is 5.91 Å². The van der Waals surface area contributed by atoms with Crippen LogP contribution in [0.2, 0.25) is 0 Å². The molecule has 0 fully saturated rings. The van der Waals surface area contributed by atoms with Crippen molar-refractivity contribution in [3.8, 4) is 11.5 Å². The summed E-state index contributed by atoms with van der Waals surface area (Å²) in [6, 6.07) is 17.7. The van der Waals surface area contributed by atoms with Gasteiger partial charge in [-0.3, -0.25) is 4.79 Å². The van der Waals surface area contributed by atoms with Crippen molar-refractivity contribution in [3.05, 3.63) is 82.8 Å². The molecule has 3 aromatic rings. The zero-order chi connectivity index (χ0) is 22.3. The van der Waals surface area contributed by atoms with Gasteiger partial charge in [-0.1, -0.05) is 44.4 Å². The standard InChI is InChI=1S/C27H31NO4/c1-3-4-5-6-7-21-9-12-23(13-10-21)27(29)28(18-24-14-8-20(2)32-24)17-22-11-15-25-26(16-22)31-19-30-25/h8-16H,3-7,17-19H2,1-2H3. The number of unbranched alkanes of at least 4 members (excludes halogenated alkanes) is 3. The third kappa shape index (κ3) is 5.52. The Kier molecular flexibility index (Phi) is 7.15. The van der Waals surface area contributed by atoms with Crippen LogP contribution in [0.4, 0.5) is 0 Å². The Morgan fingerprint density at radius 1 is 0.875 bits per heavy atom. The number of rotatable bonds is 10. The molecule has 0 N–H and O–H groups in total. The maximum absolute atomic E-state index is 13.4. The van der Waals surface area contributed by atoms with E-state index in [2.05, 4.69) is 19.1 Å². The summed E-state index contributed by atoms with van der Waals surface area (Å²) in [5, 5.41) is 0. The highest BCUT2D eigenvalue weighted by atomic mass is 16.7. The van der Waals surface area contributed by atoms with Crippen LogP contribution in [-0.4, -0.2) is 17.6 Å². The van der Waals surface area contributed by atoms with Crippen molar-refractivity contribution in [2.24, 2.45) is 0 Å². The molecular formula is C27H31NO4. The Hall–Kier alpha value is -3.21. The lowest BCUT2D eigenvalue weighted by molar-refractivity contribution is 0.0717. The van der Waals surface area contributed by atoms with E-state index in [1.807, 2.05) is 54.3 Å². The summed E-state index contributed by atoms with van der Waals surface area (Å²) < 4.78 is 16.7. The maximum Gasteiger partial charge on any atom is 0.254 e. The molecule has 2 heterocycles. The first-order valence-corrected chi connectivity index (χ1v) is 11.4. The second-order valence-electron chi connectivity index (χ2n) is 8.37. The Morgan fingerprint density at radius 3 is 2.41 bits per heavy atom. The van der Waals surface area contributed by atoms with Gasteiger partial charge in [0.05, 0.1) is 6.54 Å². The lowest BCUT2D eigenvalue weighted by Gasteiger charge is -2.22. The molecule has 1 aromatic heterocycles. The molecule has 32 heavy (non-hydrogen) atoms. The average molecular weight is 434 g/mol. The lowest BCUT2D eigenvalue weighted by Crippen LogP contribution is -2.30. The van der Waals surface area contributed by atoms with Gasteiger partial charge < -0.3 is 18.8 Å². The summed E-state index contributed by atoms with van der Waals surface area (Å²) in [5.74, 6) is 3.04.